The second kappa shape index (κ2) is 7.24. The molecule has 1 atom stereocenters. The molecule has 0 aromatic heterocycles. The highest BCUT2D eigenvalue weighted by atomic mass is 35.5. The van der Waals surface area contributed by atoms with E-state index in [2.05, 4.69) is 0 Å². The average Bonchev–Trinajstić information content (AvgIpc) is 2.32. The van der Waals surface area contributed by atoms with E-state index < -0.39 is 45.8 Å². The minimum absolute atomic E-state index is 0.202. The molecule has 138 valence electrons. The first-order valence-electron chi connectivity index (χ1n) is 5.91. The zero-order valence-electron chi connectivity index (χ0n) is 11.3. The third-order valence-electron chi connectivity index (χ3n) is 2.76. The Labute approximate surface area is 142 Å². The minimum Gasteiger partial charge on any atom is -0.395 e. The van der Waals surface area contributed by atoms with Gasteiger partial charge in [0.25, 0.3) is 0 Å². The quantitative estimate of drug-likeness (QED) is 0.719. The van der Waals surface area contributed by atoms with Crippen molar-refractivity contribution in [2.75, 3.05) is 6.61 Å². The second-order valence-electron chi connectivity index (χ2n) is 4.58. The molecule has 2 N–H and O–H groups in total. The van der Waals surface area contributed by atoms with Crippen LogP contribution in [0.3, 0.4) is 0 Å². The van der Waals surface area contributed by atoms with Gasteiger partial charge in [0.15, 0.2) is 5.92 Å². The summed E-state index contributed by atoms with van der Waals surface area (Å²) in [7, 11) is -4.86. The number of aliphatic hydroxyl groups excluding tert-OH is 1. The van der Waals surface area contributed by atoms with E-state index in [-0.39, 0.29) is 10.0 Å². The van der Waals surface area contributed by atoms with Crippen molar-refractivity contribution in [2.24, 2.45) is 5.92 Å². The number of nitrogens with one attached hydrogen (secondary N) is 1. The van der Waals surface area contributed by atoms with Gasteiger partial charge in [0, 0.05) is 10.0 Å². The van der Waals surface area contributed by atoms with Gasteiger partial charge in [-0.2, -0.15) is 26.3 Å². The molecular formula is C11H9Cl2F6NO3S. The molecule has 1 unspecified atom stereocenters. The Hall–Kier alpha value is -0.750. The molecule has 0 aliphatic rings. The summed E-state index contributed by atoms with van der Waals surface area (Å²) in [5.74, 6) is -4.10. The zero-order chi connectivity index (χ0) is 18.9. The van der Waals surface area contributed by atoms with Crippen LogP contribution in [0.15, 0.2) is 23.1 Å². The fraction of sp³-hybridized carbons (Fsp3) is 0.455. The van der Waals surface area contributed by atoms with Crippen LogP contribution in [-0.2, 0) is 10.0 Å². The lowest BCUT2D eigenvalue weighted by atomic mass is 10.00. The number of aliphatic hydroxyl groups is 1. The fourth-order valence-corrected chi connectivity index (χ4v) is 3.77. The van der Waals surface area contributed by atoms with Gasteiger partial charge in [-0.1, -0.05) is 23.2 Å². The lowest BCUT2D eigenvalue weighted by Gasteiger charge is -2.29. The maximum atomic E-state index is 12.7. The summed E-state index contributed by atoms with van der Waals surface area (Å²) in [5, 5.41) is 8.46. The van der Waals surface area contributed by atoms with E-state index in [0.717, 1.165) is 18.2 Å². The molecule has 0 radical (unpaired) electrons. The Bertz CT molecular complexity index is 658. The van der Waals surface area contributed by atoms with Crippen molar-refractivity contribution in [1.82, 2.24) is 4.72 Å². The van der Waals surface area contributed by atoms with Crippen molar-refractivity contribution < 1.29 is 39.9 Å². The summed E-state index contributed by atoms with van der Waals surface area (Å²) in [6, 6.07) is -0.214. The Morgan fingerprint density at radius 2 is 1.42 bits per heavy atom. The van der Waals surface area contributed by atoms with Crippen LogP contribution in [0.2, 0.25) is 10.0 Å². The van der Waals surface area contributed by atoms with Gasteiger partial charge in [0.05, 0.1) is 17.5 Å². The van der Waals surface area contributed by atoms with E-state index in [0.29, 0.717) is 0 Å². The maximum absolute atomic E-state index is 12.7. The first kappa shape index (κ1) is 21.3. The van der Waals surface area contributed by atoms with E-state index >= 15 is 0 Å². The van der Waals surface area contributed by atoms with Crippen molar-refractivity contribution in [2.45, 2.75) is 23.3 Å². The Balaban J connectivity index is 3.26. The number of hydrogen-bond acceptors (Lipinski definition) is 3. The summed E-state index contributed by atoms with van der Waals surface area (Å²) in [4.78, 5) is -0.749. The molecule has 24 heavy (non-hydrogen) atoms. The first-order valence-corrected chi connectivity index (χ1v) is 8.15. The molecular weight excluding hydrogens is 411 g/mol. The van der Waals surface area contributed by atoms with Crippen LogP contribution >= 0.6 is 23.2 Å². The molecule has 0 bridgehead atoms. The van der Waals surface area contributed by atoms with E-state index in [1.54, 1.807) is 0 Å². The van der Waals surface area contributed by atoms with Gasteiger partial charge in [-0.05, 0) is 18.2 Å². The number of rotatable bonds is 5. The lowest BCUT2D eigenvalue weighted by molar-refractivity contribution is -0.292. The Morgan fingerprint density at radius 1 is 1.00 bits per heavy atom. The van der Waals surface area contributed by atoms with Crippen molar-refractivity contribution >= 4 is 33.2 Å². The van der Waals surface area contributed by atoms with Gasteiger partial charge < -0.3 is 5.11 Å². The van der Waals surface area contributed by atoms with Crippen molar-refractivity contribution in [3.8, 4) is 0 Å². The van der Waals surface area contributed by atoms with Crippen LogP contribution < -0.4 is 4.72 Å². The minimum atomic E-state index is -5.83. The Kier molecular flexibility index (Phi) is 6.42. The molecule has 13 heteroatoms. The van der Waals surface area contributed by atoms with Crippen LogP contribution in [0.1, 0.15) is 0 Å². The van der Waals surface area contributed by atoms with Crippen molar-refractivity contribution in [3.05, 3.63) is 28.2 Å². The average molecular weight is 420 g/mol. The molecule has 4 nitrogen and oxygen atoms in total. The molecule has 0 aliphatic heterocycles. The van der Waals surface area contributed by atoms with Crippen LogP contribution in [0.4, 0.5) is 26.3 Å². The number of benzene rings is 1. The normalized spacial score (nSPS) is 14.9. The summed E-state index contributed by atoms with van der Waals surface area (Å²) >= 11 is 11.1. The Morgan fingerprint density at radius 3 is 1.75 bits per heavy atom. The topological polar surface area (TPSA) is 66.4 Å². The first-order chi connectivity index (χ1) is 10.7. The molecule has 0 spiro atoms. The molecule has 0 amide bonds. The van der Waals surface area contributed by atoms with Crippen molar-refractivity contribution in [1.29, 1.82) is 0 Å². The monoisotopic (exact) mass is 419 g/mol. The highest BCUT2D eigenvalue weighted by molar-refractivity contribution is 7.89. The highest BCUT2D eigenvalue weighted by Crippen LogP contribution is 2.41. The van der Waals surface area contributed by atoms with Gasteiger partial charge >= 0.3 is 12.4 Å². The molecule has 1 aromatic carbocycles. The van der Waals surface area contributed by atoms with Crippen molar-refractivity contribution in [3.63, 3.8) is 0 Å². The predicted molar refractivity (Wildman–Crippen MR) is 73.3 cm³/mol. The molecule has 0 aliphatic carbocycles. The van der Waals surface area contributed by atoms with E-state index in [9.17, 15) is 34.8 Å². The fourth-order valence-electron chi connectivity index (χ4n) is 1.80. The van der Waals surface area contributed by atoms with Crippen LogP contribution in [-0.4, -0.2) is 38.5 Å². The van der Waals surface area contributed by atoms with Gasteiger partial charge in [0.2, 0.25) is 10.0 Å². The largest absolute Gasteiger partial charge is 0.402 e. The van der Waals surface area contributed by atoms with Gasteiger partial charge in [-0.3, -0.25) is 0 Å². The van der Waals surface area contributed by atoms with E-state index in [4.69, 9.17) is 28.3 Å². The van der Waals surface area contributed by atoms with Gasteiger partial charge in [-0.15, -0.1) is 0 Å². The number of hydrogen-bond donors (Lipinski definition) is 2. The number of halogens is 8. The number of sulfonamides is 1. The smallest absolute Gasteiger partial charge is 0.395 e. The highest BCUT2D eigenvalue weighted by Gasteiger charge is 2.60. The van der Waals surface area contributed by atoms with Crippen LogP contribution in [0.5, 0.6) is 0 Å². The molecule has 0 saturated carbocycles. The summed E-state index contributed by atoms with van der Waals surface area (Å²) < 4.78 is 101. The molecule has 1 aromatic rings. The van der Waals surface area contributed by atoms with Gasteiger partial charge in [-0.25, -0.2) is 13.1 Å². The van der Waals surface area contributed by atoms with Crippen LogP contribution in [0, 0.1) is 5.92 Å². The third kappa shape index (κ3) is 5.38. The SMILES string of the molecule is O=S(=O)(NC(CO)C(C(F)(F)F)C(F)(F)F)c1cc(Cl)cc(Cl)c1. The summed E-state index contributed by atoms with van der Waals surface area (Å²) in [6.07, 6.45) is -11.7. The predicted octanol–water partition coefficient (Wildman–Crippen LogP) is 3.37. The van der Waals surface area contributed by atoms with E-state index in [1.165, 1.54) is 4.72 Å². The molecule has 1 rings (SSSR count). The van der Waals surface area contributed by atoms with E-state index in [1.807, 2.05) is 0 Å². The van der Waals surface area contributed by atoms with Crippen LogP contribution in [0.25, 0.3) is 0 Å². The molecule has 0 saturated heterocycles. The summed E-state index contributed by atoms with van der Waals surface area (Å²) in [5.41, 5.74) is 0. The molecule has 0 heterocycles. The standard InChI is InChI=1S/C11H9Cl2F6NO3S/c12-5-1-6(13)3-7(2-5)24(22,23)20-8(4-21)9(10(14,15)16)11(17,18)19/h1-3,8-9,20-21H,4H2. The number of alkyl halides is 6. The summed E-state index contributed by atoms with van der Waals surface area (Å²) in [6.45, 7) is -1.74. The maximum Gasteiger partial charge on any atom is 0.402 e. The zero-order valence-corrected chi connectivity index (χ0v) is 13.6. The second-order valence-corrected chi connectivity index (χ2v) is 7.16. The lowest BCUT2D eigenvalue weighted by Crippen LogP contribution is -2.54. The third-order valence-corrected chi connectivity index (χ3v) is 4.66. The van der Waals surface area contributed by atoms with Gasteiger partial charge in [0.1, 0.15) is 0 Å². The molecule has 0 fully saturated rings.